The lowest BCUT2D eigenvalue weighted by Crippen LogP contribution is -2.52. The van der Waals surface area contributed by atoms with Crippen molar-refractivity contribution < 1.29 is 38.9 Å². The van der Waals surface area contributed by atoms with Crippen LogP contribution in [0.15, 0.2) is 0 Å². The second-order valence-corrected chi connectivity index (χ2v) is 18.4. The predicted octanol–water partition coefficient (Wildman–Crippen LogP) is 16.0. The van der Waals surface area contributed by atoms with Gasteiger partial charge in [-0.2, -0.15) is 0 Å². The molecule has 0 aromatic heterocycles. The summed E-state index contributed by atoms with van der Waals surface area (Å²) in [5.41, 5.74) is -1.54. The van der Waals surface area contributed by atoms with Crippen molar-refractivity contribution >= 4 is 23.9 Å². The maximum Gasteiger partial charge on any atom is 0.317 e. The van der Waals surface area contributed by atoms with Gasteiger partial charge in [0.1, 0.15) is 17.6 Å². The molecule has 0 spiro atoms. The fourth-order valence-electron chi connectivity index (χ4n) is 8.77. The van der Waals surface area contributed by atoms with Gasteiger partial charge in [-0.25, -0.2) is 0 Å². The molecule has 0 amide bonds. The fourth-order valence-corrected chi connectivity index (χ4v) is 8.77. The number of ether oxygens (including phenoxy) is 2. The number of hydrogen-bond acceptors (Lipinski definition) is 6. The predicted molar refractivity (Wildman–Crippen MR) is 249 cm³/mol. The van der Waals surface area contributed by atoms with Crippen LogP contribution in [0.1, 0.15) is 291 Å². The summed E-state index contributed by atoms with van der Waals surface area (Å²) in [6.07, 6.45) is 42.1. The van der Waals surface area contributed by atoms with Gasteiger partial charge in [0.15, 0.2) is 0 Å². The summed E-state index contributed by atoms with van der Waals surface area (Å²) in [6.45, 7) is 7.83. The third-order valence-corrected chi connectivity index (χ3v) is 12.9. The molecule has 0 radical (unpaired) electrons. The molecule has 2 unspecified atom stereocenters. The van der Waals surface area contributed by atoms with Crippen molar-refractivity contribution in [2.75, 3.05) is 0 Å². The summed E-state index contributed by atoms with van der Waals surface area (Å²) in [5, 5.41) is 19.6. The number of unbranched alkanes of at least 4 members (excludes halogenated alkanes) is 34. The summed E-state index contributed by atoms with van der Waals surface area (Å²) < 4.78 is 11.7. The van der Waals surface area contributed by atoms with Crippen LogP contribution >= 0.6 is 0 Å². The maximum absolute atomic E-state index is 13.1. The topological polar surface area (TPSA) is 127 Å². The van der Waals surface area contributed by atoms with E-state index in [1.807, 2.05) is 0 Å². The van der Waals surface area contributed by atoms with E-state index in [1.54, 1.807) is 13.8 Å². The minimum Gasteiger partial charge on any atom is -0.481 e. The molecule has 60 heavy (non-hydrogen) atoms. The number of carboxylic acids is 2. The number of rotatable bonds is 47. The second kappa shape index (κ2) is 42.2. The molecule has 0 aliphatic carbocycles. The van der Waals surface area contributed by atoms with E-state index in [0.717, 1.165) is 70.6 Å². The minimum absolute atomic E-state index is 0.188. The van der Waals surface area contributed by atoms with Crippen LogP contribution in [0.25, 0.3) is 0 Å². The molecule has 0 saturated carbocycles. The Balaban J connectivity index is 4.76. The van der Waals surface area contributed by atoms with Crippen molar-refractivity contribution in [1.29, 1.82) is 0 Å². The number of aliphatic carboxylic acids is 2. The van der Waals surface area contributed by atoms with Gasteiger partial charge in [-0.3, -0.25) is 19.2 Å². The van der Waals surface area contributed by atoms with Gasteiger partial charge < -0.3 is 19.7 Å². The van der Waals surface area contributed by atoms with E-state index in [0.29, 0.717) is 12.8 Å². The van der Waals surface area contributed by atoms with Crippen molar-refractivity contribution in [3.8, 4) is 0 Å². The van der Waals surface area contributed by atoms with Crippen LogP contribution in [0.2, 0.25) is 0 Å². The molecule has 2 N–H and O–H groups in total. The first-order valence-corrected chi connectivity index (χ1v) is 26.0. The molecule has 0 heterocycles. The first-order valence-electron chi connectivity index (χ1n) is 26.0. The zero-order valence-corrected chi connectivity index (χ0v) is 40.0. The molecular formula is C52H98O8. The average Bonchev–Trinajstić information content (AvgIpc) is 3.21. The Labute approximate surface area is 370 Å². The number of esters is 2. The summed E-state index contributed by atoms with van der Waals surface area (Å²) in [5.74, 6) is -2.65. The van der Waals surface area contributed by atoms with Crippen LogP contribution in [0.3, 0.4) is 0 Å². The van der Waals surface area contributed by atoms with Gasteiger partial charge in [0.05, 0.1) is 0 Å². The normalized spacial score (nSPS) is 13.5. The largest absolute Gasteiger partial charge is 0.481 e. The molecule has 0 fully saturated rings. The molecule has 0 aromatic carbocycles. The van der Waals surface area contributed by atoms with Crippen LogP contribution < -0.4 is 0 Å². The quantitative estimate of drug-likeness (QED) is 0.0458. The van der Waals surface area contributed by atoms with Gasteiger partial charge in [0, 0.05) is 19.3 Å². The summed E-state index contributed by atoms with van der Waals surface area (Å²) in [6, 6.07) is 0. The number of carboxylic acid groups (broad SMARTS) is 2. The molecule has 354 valence electrons. The van der Waals surface area contributed by atoms with E-state index in [2.05, 4.69) is 13.8 Å². The molecule has 0 saturated heterocycles. The van der Waals surface area contributed by atoms with Crippen molar-refractivity contribution in [2.24, 2.45) is 5.41 Å². The van der Waals surface area contributed by atoms with E-state index < -0.39 is 29.6 Å². The van der Waals surface area contributed by atoms with E-state index in [-0.39, 0.29) is 37.6 Å². The van der Waals surface area contributed by atoms with E-state index in [4.69, 9.17) is 14.6 Å². The average molecular weight is 851 g/mol. The second-order valence-electron chi connectivity index (χ2n) is 18.4. The maximum atomic E-state index is 13.1. The van der Waals surface area contributed by atoms with Crippen LogP contribution in [-0.2, 0) is 28.7 Å². The standard InChI is InChI=1S/C52H98O8/c1-5-7-9-11-13-15-17-19-21-23-25-27-31-35-39-43-49(55)59-46(3)52(51(57)58,45-41-37-33-29-30-34-38-42-48(53)54)47(4)60-50(56)44-40-36-32-28-26-24-22-20-18-16-14-12-10-8-6-2/h46-47H,5-45H2,1-4H3,(H,53,54)(H,57,58). The van der Waals surface area contributed by atoms with Crippen molar-refractivity contribution in [1.82, 2.24) is 0 Å². The van der Waals surface area contributed by atoms with Crippen LogP contribution in [0, 0.1) is 5.41 Å². The van der Waals surface area contributed by atoms with Gasteiger partial charge in [0.25, 0.3) is 0 Å². The lowest BCUT2D eigenvalue weighted by atomic mass is 9.73. The first-order chi connectivity index (χ1) is 29.1. The Morgan fingerprint density at radius 2 is 0.600 bits per heavy atom. The highest BCUT2D eigenvalue weighted by molar-refractivity contribution is 5.78. The molecule has 0 rings (SSSR count). The Hall–Kier alpha value is -2.12. The highest BCUT2D eigenvalue weighted by atomic mass is 16.6. The Bertz CT molecular complexity index is 958. The van der Waals surface area contributed by atoms with Crippen molar-refractivity contribution in [3.63, 3.8) is 0 Å². The minimum atomic E-state index is -1.54. The zero-order valence-electron chi connectivity index (χ0n) is 40.0. The smallest absolute Gasteiger partial charge is 0.317 e. The Kier molecular flexibility index (Phi) is 40.7. The van der Waals surface area contributed by atoms with Crippen molar-refractivity contribution in [2.45, 2.75) is 303 Å². The van der Waals surface area contributed by atoms with Crippen LogP contribution in [0.4, 0.5) is 0 Å². The van der Waals surface area contributed by atoms with Crippen LogP contribution in [0.5, 0.6) is 0 Å². The van der Waals surface area contributed by atoms with Gasteiger partial charge in [-0.05, 0) is 39.5 Å². The number of carbonyl (C=O) groups excluding carboxylic acids is 2. The first kappa shape index (κ1) is 57.9. The lowest BCUT2D eigenvalue weighted by Gasteiger charge is -2.39. The highest BCUT2D eigenvalue weighted by Crippen LogP contribution is 2.38. The zero-order chi connectivity index (χ0) is 44.4. The molecule has 8 heteroatoms. The summed E-state index contributed by atoms with van der Waals surface area (Å²) in [7, 11) is 0. The summed E-state index contributed by atoms with van der Waals surface area (Å²) in [4.78, 5) is 50.0. The number of hydrogen-bond donors (Lipinski definition) is 2. The molecule has 0 bridgehead atoms. The monoisotopic (exact) mass is 851 g/mol. The SMILES string of the molecule is CCCCCCCCCCCCCCCCCC(=O)OC(C)C(CCCCCCCCCC(=O)O)(C(=O)O)C(C)OC(=O)CCCCCCCCCCCCCCCCC. The summed E-state index contributed by atoms with van der Waals surface area (Å²) >= 11 is 0. The molecular weight excluding hydrogens is 753 g/mol. The number of carbonyl (C=O) groups is 4. The van der Waals surface area contributed by atoms with Gasteiger partial charge in [0.2, 0.25) is 0 Å². The third-order valence-electron chi connectivity index (χ3n) is 12.9. The van der Waals surface area contributed by atoms with Gasteiger partial charge >= 0.3 is 23.9 Å². The van der Waals surface area contributed by atoms with E-state index in [9.17, 15) is 24.3 Å². The Morgan fingerprint density at radius 3 is 0.850 bits per heavy atom. The molecule has 8 nitrogen and oxygen atoms in total. The van der Waals surface area contributed by atoms with Gasteiger partial charge in [-0.15, -0.1) is 0 Å². The third kappa shape index (κ3) is 33.5. The van der Waals surface area contributed by atoms with E-state index in [1.165, 1.54) is 154 Å². The van der Waals surface area contributed by atoms with Crippen LogP contribution in [-0.4, -0.2) is 46.3 Å². The molecule has 0 aromatic rings. The molecule has 2 atom stereocenters. The Morgan fingerprint density at radius 1 is 0.367 bits per heavy atom. The molecule has 0 aliphatic rings. The lowest BCUT2D eigenvalue weighted by molar-refractivity contribution is -0.187. The fraction of sp³-hybridized carbons (Fsp3) is 0.923. The highest BCUT2D eigenvalue weighted by Gasteiger charge is 2.52. The van der Waals surface area contributed by atoms with Gasteiger partial charge in [-0.1, -0.05) is 232 Å². The molecule has 0 aliphatic heterocycles. The van der Waals surface area contributed by atoms with Crippen molar-refractivity contribution in [3.05, 3.63) is 0 Å². The van der Waals surface area contributed by atoms with E-state index >= 15 is 0 Å².